The van der Waals surface area contributed by atoms with Crippen molar-refractivity contribution >= 4 is 22.3 Å². The van der Waals surface area contributed by atoms with Crippen LogP contribution in [0.15, 0.2) is 60.7 Å². The summed E-state index contributed by atoms with van der Waals surface area (Å²) >= 11 is 0. The summed E-state index contributed by atoms with van der Waals surface area (Å²) in [5.41, 5.74) is -30.6. The van der Waals surface area contributed by atoms with Crippen molar-refractivity contribution in [1.82, 2.24) is 19.9 Å². The third-order valence-corrected chi connectivity index (χ3v) is 12.0. The number of rotatable bonds is 6. The Morgan fingerprint density at radius 1 is 0.293 bits per heavy atom. The monoisotopic (exact) mass is 1300 g/mol. The number of alkyl halides is 22. The van der Waals surface area contributed by atoms with Crippen molar-refractivity contribution in [2.75, 3.05) is 0 Å². The van der Waals surface area contributed by atoms with E-state index in [1.54, 1.807) is 0 Å². The van der Waals surface area contributed by atoms with Gasteiger partial charge in [0.2, 0.25) is 0 Å². The topological polar surface area (TPSA) is 289 Å². The molecule has 0 aliphatic heterocycles. The summed E-state index contributed by atoms with van der Waals surface area (Å²) in [6, 6.07) is 16.7. The smallest absolute Gasteiger partial charge is 0.242 e. The van der Waals surface area contributed by atoms with Crippen LogP contribution in [0.1, 0.15) is 115 Å². The molecule has 0 amide bonds. The number of hydrogen-bond acceptors (Lipinski definition) is 14. The first-order chi connectivity index (χ1) is 42.2. The van der Waals surface area contributed by atoms with Gasteiger partial charge in [0, 0.05) is 45.8 Å². The van der Waals surface area contributed by atoms with Crippen LogP contribution in [0.3, 0.4) is 0 Å². The van der Waals surface area contributed by atoms with E-state index in [2.05, 4.69) is 19.9 Å². The van der Waals surface area contributed by atoms with Gasteiger partial charge in [-0.05, 0) is 59.7 Å². The van der Waals surface area contributed by atoms with Gasteiger partial charge in [-0.25, -0.2) is 19.9 Å². The lowest BCUT2D eigenvalue weighted by atomic mass is 9.91. The summed E-state index contributed by atoms with van der Waals surface area (Å²) in [7, 11) is 0. The van der Waals surface area contributed by atoms with Crippen LogP contribution in [0, 0.1) is 113 Å². The van der Waals surface area contributed by atoms with E-state index in [1.165, 1.54) is 48.6 Å². The van der Waals surface area contributed by atoms with Gasteiger partial charge in [0.05, 0.1) is 67.8 Å². The van der Waals surface area contributed by atoms with Crippen LogP contribution in [0.4, 0.5) is 96.6 Å². The van der Waals surface area contributed by atoms with Crippen LogP contribution in [-0.2, 0) is 48.9 Å². The highest BCUT2D eigenvalue weighted by Crippen LogP contribution is 2.41. The Hall–Kier alpha value is -12.1. The van der Waals surface area contributed by atoms with Crippen molar-refractivity contribution in [1.29, 1.82) is 52.6 Å². The summed E-state index contributed by atoms with van der Waals surface area (Å²) in [6.45, 7) is 0.365. The van der Waals surface area contributed by atoms with Crippen molar-refractivity contribution in [3.8, 4) is 60.7 Å². The Morgan fingerprint density at radius 2 is 0.554 bits per heavy atom. The van der Waals surface area contributed by atoms with Crippen molar-refractivity contribution in [2.24, 2.45) is 0 Å². The number of benzene rings is 2. The normalized spacial score (nSPS) is 13.4. The molecule has 4 aromatic heterocycles. The molecule has 0 saturated carbocycles. The second-order valence-corrected chi connectivity index (χ2v) is 18.0. The number of hydrogen-bond donors (Lipinski definition) is 0. The molecule has 0 fully saturated rings. The molecule has 2 aromatic carbocycles. The minimum atomic E-state index is -5.68. The van der Waals surface area contributed by atoms with Crippen LogP contribution in [0.5, 0.6) is 0 Å². The maximum atomic E-state index is 14.2. The quantitative estimate of drug-likeness (QED) is 0.140. The second kappa shape index (κ2) is 25.2. The minimum absolute atomic E-state index is 0.0871. The van der Waals surface area contributed by atoms with Crippen LogP contribution in [0.2, 0.25) is 0 Å². The predicted octanol–water partition coefficient (Wildman–Crippen LogP) is 11.4. The van der Waals surface area contributed by atoms with E-state index in [1.807, 2.05) is 0 Å². The average molecular weight is 1300 g/mol. The molecule has 0 spiro atoms. The summed E-state index contributed by atoms with van der Waals surface area (Å²) in [5, 5.41) is 94.5. The first kappa shape index (κ1) is 70.6. The number of halogens is 22. The lowest BCUT2D eigenvalue weighted by molar-refractivity contribution is -0.151. The molecule has 0 saturated heterocycles. The Labute approximate surface area is 496 Å². The van der Waals surface area contributed by atoms with Gasteiger partial charge in [-0.15, -0.1) is 0 Å². The van der Waals surface area contributed by atoms with Gasteiger partial charge >= 0.3 is 37.1 Å². The van der Waals surface area contributed by atoms with Crippen molar-refractivity contribution in [2.45, 2.75) is 62.8 Å². The zero-order valence-electron chi connectivity index (χ0n) is 44.3. The molecule has 0 unspecified atom stereocenters. The molecule has 6 aromatic rings. The summed E-state index contributed by atoms with van der Waals surface area (Å²) in [4.78, 5) is 10.7. The fraction of sp³-hybridized carbons (Fsp3) is 0.179. The van der Waals surface area contributed by atoms with E-state index in [0.29, 0.717) is 18.2 Å². The SMILES string of the molecule is CC(F)(F)c1cc(/C(C#N)=c2/cc/c(=C(\C#N)c3cc(C(F)(F)F)nc(C(F)(F)F)c3)c(C#N)c2C#N)cc(C(F)(F)F)n1.CC(F)(F)c1cc(/C(C#N)=c2\cc(C#N)/c(=C(\C#N)c3cc(C(F)(F)F)nc(C(F)(F)F)c3C#N)cc2C#N)c(C#N)c(C(F)(F)F)n1. The molecule has 0 bridgehead atoms. The predicted molar refractivity (Wildman–Crippen MR) is 258 cm³/mol. The summed E-state index contributed by atoms with van der Waals surface area (Å²) in [6.07, 6.45) is -32.9. The Balaban J connectivity index is 0.000000335. The molecule has 0 aliphatic rings. The maximum Gasteiger partial charge on any atom is 0.434 e. The standard InChI is InChI=1S/C29H7F11N8.C27H9F11N6/c1-26(30,31)22-4-16(20(10-45)24(47-22)28(35,36)37)18(8-43)14-2-13(7-42)15(3-12(14)6-41)19(9-44)17-5-23(27(32,33)34)48-25(21(17)11-46)29(38,39)40;1-24(28,29)20-4-12(5-21(43-20)25(30,31)32)16(8-39)14-2-3-15(19(11-42)18(14)10-41)17(9-40)13-6-22(26(33,34)35)44-23(7-13)27(36,37)38/h2-5H,1H3;2-7H,1H3/b18-14+,19-15+;16-14-,17-15-. The summed E-state index contributed by atoms with van der Waals surface area (Å²) in [5.74, 6) is -8.03. The zero-order chi connectivity index (χ0) is 70.0. The average Bonchev–Trinajstić information content (AvgIpc) is 0.768. The van der Waals surface area contributed by atoms with Crippen LogP contribution < -0.4 is 20.9 Å². The van der Waals surface area contributed by atoms with Gasteiger partial charge in [-0.2, -0.15) is 149 Å². The molecule has 464 valence electrons. The van der Waals surface area contributed by atoms with E-state index in [0.717, 1.165) is 24.3 Å². The lowest BCUT2D eigenvalue weighted by Crippen LogP contribution is -2.24. The molecule has 92 heavy (non-hydrogen) atoms. The third kappa shape index (κ3) is 14.7. The van der Waals surface area contributed by atoms with E-state index >= 15 is 0 Å². The first-order valence-corrected chi connectivity index (χ1v) is 23.5. The van der Waals surface area contributed by atoms with Gasteiger partial charge in [0.15, 0.2) is 11.4 Å². The number of nitrogens with zero attached hydrogens (tertiary/aromatic N) is 14. The second-order valence-electron chi connectivity index (χ2n) is 18.0. The lowest BCUT2D eigenvalue weighted by Gasteiger charge is -2.17. The number of nitriles is 10. The van der Waals surface area contributed by atoms with E-state index in [9.17, 15) is 149 Å². The molecule has 6 rings (SSSR count). The minimum Gasteiger partial charge on any atom is -0.242 e. The maximum absolute atomic E-state index is 14.2. The fourth-order valence-corrected chi connectivity index (χ4v) is 8.04. The molecule has 36 heteroatoms. The Kier molecular flexibility index (Phi) is 19.3. The highest BCUT2D eigenvalue weighted by atomic mass is 19.4. The number of aromatic nitrogens is 4. The van der Waals surface area contributed by atoms with Gasteiger partial charge < -0.3 is 0 Å². The molecule has 0 N–H and O–H groups in total. The summed E-state index contributed by atoms with van der Waals surface area (Å²) < 4.78 is 300. The van der Waals surface area contributed by atoms with Crippen LogP contribution in [-0.4, -0.2) is 19.9 Å². The van der Waals surface area contributed by atoms with Gasteiger partial charge in [0.25, 0.3) is 11.8 Å². The molecule has 0 aliphatic carbocycles. The Morgan fingerprint density at radius 3 is 0.815 bits per heavy atom. The Bertz CT molecular complexity index is 4450. The first-order valence-electron chi connectivity index (χ1n) is 23.5. The van der Waals surface area contributed by atoms with Gasteiger partial charge in [0.1, 0.15) is 82.7 Å². The molecular weight excluding hydrogens is 1290 g/mol. The van der Waals surface area contributed by atoms with Gasteiger partial charge in [-0.3, -0.25) is 0 Å². The van der Waals surface area contributed by atoms with Crippen molar-refractivity contribution in [3.05, 3.63) is 183 Å². The highest BCUT2D eigenvalue weighted by molar-refractivity contribution is 5.85. The molecule has 0 atom stereocenters. The molecule has 14 nitrogen and oxygen atoms in total. The molecule has 4 heterocycles. The van der Waals surface area contributed by atoms with Crippen molar-refractivity contribution in [3.63, 3.8) is 0 Å². The van der Waals surface area contributed by atoms with Crippen LogP contribution >= 0.6 is 0 Å². The molecule has 0 radical (unpaired) electrons. The van der Waals surface area contributed by atoms with Crippen LogP contribution in [0.25, 0.3) is 22.3 Å². The third-order valence-electron chi connectivity index (χ3n) is 12.0. The number of pyridine rings is 4. The molecular formula is C56H16F22N14. The van der Waals surface area contributed by atoms with E-state index in [4.69, 9.17) is 0 Å². The van der Waals surface area contributed by atoms with E-state index < -0.39 is 193 Å². The van der Waals surface area contributed by atoms with Gasteiger partial charge in [-0.1, -0.05) is 12.1 Å². The van der Waals surface area contributed by atoms with E-state index in [-0.39, 0.29) is 44.2 Å². The highest BCUT2D eigenvalue weighted by Gasteiger charge is 2.45. The van der Waals surface area contributed by atoms with Crippen molar-refractivity contribution < 1.29 is 96.6 Å². The largest absolute Gasteiger partial charge is 0.434 e. The fourth-order valence-electron chi connectivity index (χ4n) is 8.04. The zero-order valence-corrected chi connectivity index (χ0v) is 44.3.